The molecule has 0 saturated heterocycles. The molecular formula is C12H10FNO7S2. The van der Waals surface area contributed by atoms with E-state index < -0.39 is 47.0 Å². The zero-order valence-corrected chi connectivity index (χ0v) is 13.4. The molecule has 1 aromatic carbocycles. The van der Waals surface area contributed by atoms with Gasteiger partial charge in [0.2, 0.25) is 5.76 Å². The van der Waals surface area contributed by atoms with Crippen molar-refractivity contribution in [3.8, 4) is 11.3 Å². The van der Waals surface area contributed by atoms with Gasteiger partial charge in [-0.1, -0.05) is 5.16 Å². The Morgan fingerprint density at radius 2 is 1.74 bits per heavy atom. The summed E-state index contributed by atoms with van der Waals surface area (Å²) in [5, 5.41) is 12.1. The largest absolute Gasteiger partial charge is 0.475 e. The molecule has 0 aliphatic heterocycles. The van der Waals surface area contributed by atoms with Crippen LogP contribution in [0.25, 0.3) is 11.3 Å². The molecule has 8 nitrogen and oxygen atoms in total. The van der Waals surface area contributed by atoms with E-state index in [2.05, 4.69) is 9.68 Å². The standard InChI is InChI=1S/C12H10FNO7S2/c1-22(17,18)10-4-6(3-7(13)11(10)23(2,19)20)8-5-9(12(15)16)21-14-8/h3-5H,1-2H3,(H,15,16). The molecule has 0 radical (unpaired) electrons. The number of nitrogens with zero attached hydrogens (tertiary/aromatic N) is 1. The van der Waals surface area contributed by atoms with Crippen molar-refractivity contribution in [3.05, 3.63) is 29.8 Å². The fourth-order valence-electron chi connectivity index (χ4n) is 1.86. The van der Waals surface area contributed by atoms with Crippen molar-refractivity contribution in [1.29, 1.82) is 0 Å². The number of aromatic nitrogens is 1. The molecule has 2 rings (SSSR count). The average Bonchev–Trinajstić information content (AvgIpc) is 2.84. The second-order valence-corrected chi connectivity index (χ2v) is 8.65. The normalized spacial score (nSPS) is 12.3. The molecule has 0 aliphatic rings. The minimum atomic E-state index is -4.15. The molecule has 11 heteroatoms. The zero-order chi connectivity index (χ0) is 17.6. The first-order chi connectivity index (χ1) is 10.4. The van der Waals surface area contributed by atoms with Crippen LogP contribution in [0.1, 0.15) is 10.6 Å². The molecule has 0 unspecified atom stereocenters. The summed E-state index contributed by atoms with van der Waals surface area (Å²) in [4.78, 5) is 9.05. The van der Waals surface area contributed by atoms with E-state index >= 15 is 0 Å². The summed E-state index contributed by atoms with van der Waals surface area (Å²) in [5.74, 6) is -3.24. The highest BCUT2D eigenvalue weighted by molar-refractivity contribution is 7.93. The number of aromatic carboxylic acids is 1. The molecule has 2 aromatic rings. The Bertz CT molecular complexity index is 1010. The molecule has 0 spiro atoms. The molecule has 0 aliphatic carbocycles. The smallest absolute Gasteiger partial charge is 0.374 e. The van der Waals surface area contributed by atoms with Crippen molar-refractivity contribution >= 4 is 25.6 Å². The zero-order valence-electron chi connectivity index (χ0n) is 11.8. The number of carboxylic acids is 1. The number of halogens is 1. The number of carbonyl (C=O) groups is 1. The van der Waals surface area contributed by atoms with Gasteiger partial charge >= 0.3 is 5.97 Å². The summed E-state index contributed by atoms with van der Waals surface area (Å²) < 4.78 is 65.5. The third-order valence-electron chi connectivity index (χ3n) is 2.80. The van der Waals surface area contributed by atoms with Crippen LogP contribution in [-0.4, -0.2) is 45.6 Å². The van der Waals surface area contributed by atoms with Crippen LogP contribution >= 0.6 is 0 Å². The summed E-state index contributed by atoms with van der Waals surface area (Å²) in [7, 11) is -8.22. The van der Waals surface area contributed by atoms with Gasteiger partial charge in [0.15, 0.2) is 19.7 Å². The van der Waals surface area contributed by atoms with Crippen LogP contribution in [0.5, 0.6) is 0 Å². The fraction of sp³-hybridized carbons (Fsp3) is 0.167. The molecule has 1 N–H and O–H groups in total. The van der Waals surface area contributed by atoms with Crippen LogP contribution in [-0.2, 0) is 19.7 Å². The highest BCUT2D eigenvalue weighted by atomic mass is 32.2. The Hall–Kier alpha value is -2.27. The van der Waals surface area contributed by atoms with E-state index in [-0.39, 0.29) is 11.3 Å². The second-order valence-electron chi connectivity index (χ2n) is 4.71. The first kappa shape index (κ1) is 17.1. The van der Waals surface area contributed by atoms with E-state index in [1.807, 2.05) is 0 Å². The number of hydrogen-bond donors (Lipinski definition) is 1. The Kier molecular flexibility index (Phi) is 4.03. The van der Waals surface area contributed by atoms with Gasteiger partial charge in [0.1, 0.15) is 16.4 Å². The third kappa shape index (κ3) is 3.40. The van der Waals surface area contributed by atoms with Crippen LogP contribution in [0, 0.1) is 5.82 Å². The molecular weight excluding hydrogens is 353 g/mol. The highest BCUT2D eigenvalue weighted by Gasteiger charge is 2.27. The Morgan fingerprint density at radius 3 is 2.17 bits per heavy atom. The Labute approximate surface area is 130 Å². The van der Waals surface area contributed by atoms with Gasteiger partial charge in [-0.05, 0) is 12.1 Å². The highest BCUT2D eigenvalue weighted by Crippen LogP contribution is 2.30. The summed E-state index contributed by atoms with van der Waals surface area (Å²) in [5.41, 5.74) is -0.280. The maximum Gasteiger partial charge on any atom is 0.374 e. The van der Waals surface area contributed by atoms with Crippen LogP contribution in [0.15, 0.2) is 32.5 Å². The van der Waals surface area contributed by atoms with Crippen LogP contribution in [0.2, 0.25) is 0 Å². The molecule has 0 atom stereocenters. The summed E-state index contributed by atoms with van der Waals surface area (Å²) in [6.45, 7) is 0. The Morgan fingerprint density at radius 1 is 1.13 bits per heavy atom. The molecule has 0 amide bonds. The lowest BCUT2D eigenvalue weighted by Gasteiger charge is -2.09. The van der Waals surface area contributed by atoms with Crippen molar-refractivity contribution < 1.29 is 35.7 Å². The van der Waals surface area contributed by atoms with E-state index in [0.29, 0.717) is 6.26 Å². The lowest BCUT2D eigenvalue weighted by Crippen LogP contribution is -2.10. The van der Waals surface area contributed by atoms with Crippen molar-refractivity contribution in [2.45, 2.75) is 9.79 Å². The predicted molar refractivity (Wildman–Crippen MR) is 75.1 cm³/mol. The number of benzene rings is 1. The van der Waals surface area contributed by atoms with Gasteiger partial charge in [-0.15, -0.1) is 0 Å². The van der Waals surface area contributed by atoms with E-state index in [9.17, 15) is 26.0 Å². The first-order valence-electron chi connectivity index (χ1n) is 5.85. The quantitative estimate of drug-likeness (QED) is 0.850. The number of hydrogen-bond acceptors (Lipinski definition) is 7. The summed E-state index contributed by atoms with van der Waals surface area (Å²) in [6.07, 6.45) is 1.41. The number of carboxylic acid groups (broad SMARTS) is 1. The van der Waals surface area contributed by atoms with Crippen molar-refractivity contribution in [2.24, 2.45) is 0 Å². The lowest BCUT2D eigenvalue weighted by molar-refractivity contribution is 0.0652. The van der Waals surface area contributed by atoms with Gasteiger partial charge in [0, 0.05) is 24.1 Å². The monoisotopic (exact) mass is 363 g/mol. The third-order valence-corrected chi connectivity index (χ3v) is 5.20. The first-order valence-corrected chi connectivity index (χ1v) is 9.63. The minimum absolute atomic E-state index is 0.133. The van der Waals surface area contributed by atoms with Gasteiger partial charge in [0.25, 0.3) is 0 Å². The molecule has 124 valence electrons. The summed E-state index contributed by atoms with van der Waals surface area (Å²) in [6, 6.07) is 2.61. The fourth-order valence-corrected chi connectivity index (χ4v) is 4.38. The van der Waals surface area contributed by atoms with Gasteiger partial charge in [-0.25, -0.2) is 26.0 Å². The molecule has 0 saturated carbocycles. The van der Waals surface area contributed by atoms with E-state index in [4.69, 9.17) is 5.11 Å². The summed E-state index contributed by atoms with van der Waals surface area (Å²) >= 11 is 0. The van der Waals surface area contributed by atoms with E-state index in [1.54, 1.807) is 0 Å². The van der Waals surface area contributed by atoms with Gasteiger partial charge in [0.05, 0.1) is 4.90 Å². The van der Waals surface area contributed by atoms with Crippen LogP contribution < -0.4 is 0 Å². The number of rotatable bonds is 4. The van der Waals surface area contributed by atoms with E-state index in [1.165, 1.54) is 0 Å². The topological polar surface area (TPSA) is 132 Å². The van der Waals surface area contributed by atoms with Crippen molar-refractivity contribution in [1.82, 2.24) is 5.16 Å². The van der Waals surface area contributed by atoms with E-state index in [0.717, 1.165) is 24.5 Å². The molecule has 23 heavy (non-hydrogen) atoms. The molecule has 0 bridgehead atoms. The molecule has 1 aromatic heterocycles. The van der Waals surface area contributed by atoms with Gasteiger partial charge in [-0.2, -0.15) is 0 Å². The predicted octanol–water partition coefficient (Wildman–Crippen LogP) is 0.986. The van der Waals surface area contributed by atoms with Crippen molar-refractivity contribution in [2.75, 3.05) is 12.5 Å². The average molecular weight is 363 g/mol. The van der Waals surface area contributed by atoms with Crippen molar-refractivity contribution in [3.63, 3.8) is 0 Å². The number of sulfone groups is 2. The maximum absolute atomic E-state index is 14.2. The maximum atomic E-state index is 14.2. The van der Waals surface area contributed by atoms with Crippen LogP contribution in [0.3, 0.4) is 0 Å². The SMILES string of the molecule is CS(=O)(=O)c1cc(-c2cc(C(=O)O)on2)cc(F)c1S(C)(=O)=O. The molecule has 0 fully saturated rings. The lowest BCUT2D eigenvalue weighted by atomic mass is 10.1. The second kappa shape index (κ2) is 5.42. The van der Waals surface area contributed by atoms with Crippen LogP contribution in [0.4, 0.5) is 4.39 Å². The molecule has 1 heterocycles. The Balaban J connectivity index is 2.79. The minimum Gasteiger partial charge on any atom is -0.475 e. The van der Waals surface area contributed by atoms with Gasteiger partial charge < -0.3 is 9.63 Å². The van der Waals surface area contributed by atoms with Gasteiger partial charge in [-0.3, -0.25) is 0 Å².